The van der Waals surface area contributed by atoms with Gasteiger partial charge in [-0.1, -0.05) is 24.3 Å². The average Bonchev–Trinajstić information content (AvgIpc) is 2.97. The normalized spacial score (nSPS) is 18.5. The quantitative estimate of drug-likeness (QED) is 0.869. The molecule has 3 rings (SSSR count). The van der Waals surface area contributed by atoms with Gasteiger partial charge < -0.3 is 10.2 Å². The van der Waals surface area contributed by atoms with Gasteiger partial charge in [-0.2, -0.15) is 0 Å². The second-order valence-electron chi connectivity index (χ2n) is 6.72. The number of benzene rings is 1. The molecule has 6 nitrogen and oxygen atoms in total. The molecule has 1 amide bonds. The maximum Gasteiger partial charge on any atom is 0.228 e. The number of carbonyl (C=O) groups is 1. The summed E-state index contributed by atoms with van der Waals surface area (Å²) < 4.78 is 23.3. The standard InChI is InChI=1S/C19H23N3O3S/c1-14-5-3-4-6-15(14)11-19(23)21-16-7-8-18(20-12-16)22(2)17-9-10-26(24,25)13-17/h3-8,12,17H,9-11,13H2,1-2H3,(H,21,23). The Labute approximate surface area is 154 Å². The van der Waals surface area contributed by atoms with Crippen molar-refractivity contribution in [1.29, 1.82) is 0 Å². The molecule has 1 aliphatic rings. The zero-order valence-corrected chi connectivity index (χ0v) is 15.8. The maximum atomic E-state index is 12.2. The number of aryl methyl sites for hydroxylation is 1. The van der Waals surface area contributed by atoms with Crippen molar-refractivity contribution < 1.29 is 13.2 Å². The van der Waals surface area contributed by atoms with Crippen LogP contribution >= 0.6 is 0 Å². The van der Waals surface area contributed by atoms with Crippen LogP contribution in [0.25, 0.3) is 0 Å². The molecule has 0 radical (unpaired) electrons. The van der Waals surface area contributed by atoms with Crippen molar-refractivity contribution in [2.24, 2.45) is 0 Å². The van der Waals surface area contributed by atoms with Crippen molar-refractivity contribution in [3.8, 4) is 0 Å². The predicted molar refractivity (Wildman–Crippen MR) is 103 cm³/mol. The molecule has 1 atom stereocenters. The Kier molecular flexibility index (Phi) is 5.27. The van der Waals surface area contributed by atoms with Crippen molar-refractivity contribution >= 4 is 27.2 Å². The topological polar surface area (TPSA) is 79.4 Å². The van der Waals surface area contributed by atoms with Gasteiger partial charge in [-0.05, 0) is 36.6 Å². The molecule has 1 aliphatic heterocycles. The van der Waals surface area contributed by atoms with Gasteiger partial charge >= 0.3 is 0 Å². The van der Waals surface area contributed by atoms with Crippen LogP contribution in [-0.4, -0.2) is 43.9 Å². The molecule has 138 valence electrons. The number of nitrogens with zero attached hydrogens (tertiary/aromatic N) is 2. The van der Waals surface area contributed by atoms with Gasteiger partial charge in [0.25, 0.3) is 0 Å². The molecule has 0 aliphatic carbocycles. The maximum absolute atomic E-state index is 12.2. The lowest BCUT2D eigenvalue weighted by molar-refractivity contribution is -0.115. The van der Waals surface area contributed by atoms with Crippen molar-refractivity contribution in [3.05, 3.63) is 53.7 Å². The summed E-state index contributed by atoms with van der Waals surface area (Å²) in [6.07, 6.45) is 2.54. The van der Waals surface area contributed by atoms with E-state index in [1.807, 2.05) is 43.1 Å². The summed E-state index contributed by atoms with van der Waals surface area (Å²) >= 11 is 0. The zero-order chi connectivity index (χ0) is 18.7. The lowest BCUT2D eigenvalue weighted by atomic mass is 10.1. The van der Waals surface area contributed by atoms with E-state index in [1.54, 1.807) is 18.3 Å². The lowest BCUT2D eigenvalue weighted by Gasteiger charge is -2.24. The third-order valence-corrected chi connectivity index (χ3v) is 6.51. The first-order valence-electron chi connectivity index (χ1n) is 8.58. The third kappa shape index (κ3) is 4.40. The number of pyridine rings is 1. The SMILES string of the molecule is Cc1ccccc1CC(=O)Nc1ccc(N(C)C2CCS(=O)(=O)C2)nc1. The molecule has 0 saturated carbocycles. The van der Waals surface area contributed by atoms with E-state index in [0.29, 0.717) is 24.3 Å². The van der Waals surface area contributed by atoms with Gasteiger partial charge in [-0.3, -0.25) is 4.79 Å². The Morgan fingerprint density at radius 1 is 1.27 bits per heavy atom. The van der Waals surface area contributed by atoms with Crippen molar-refractivity contribution in [2.45, 2.75) is 25.8 Å². The highest BCUT2D eigenvalue weighted by Gasteiger charge is 2.31. The monoisotopic (exact) mass is 373 g/mol. The molecule has 2 aromatic rings. The van der Waals surface area contributed by atoms with E-state index in [2.05, 4.69) is 10.3 Å². The Hall–Kier alpha value is -2.41. The van der Waals surface area contributed by atoms with E-state index < -0.39 is 9.84 Å². The molecule has 7 heteroatoms. The first kappa shape index (κ1) is 18.4. The molecular weight excluding hydrogens is 350 g/mol. The van der Waals surface area contributed by atoms with E-state index >= 15 is 0 Å². The highest BCUT2D eigenvalue weighted by molar-refractivity contribution is 7.91. The van der Waals surface area contributed by atoms with E-state index in [-0.39, 0.29) is 23.5 Å². The Morgan fingerprint density at radius 2 is 2.04 bits per heavy atom. The number of nitrogens with one attached hydrogen (secondary N) is 1. The minimum absolute atomic E-state index is 0.0472. The molecule has 26 heavy (non-hydrogen) atoms. The number of sulfone groups is 1. The smallest absolute Gasteiger partial charge is 0.228 e. The predicted octanol–water partition coefficient (Wildman–Crippen LogP) is 2.19. The van der Waals surface area contributed by atoms with Crippen LogP contribution in [0.2, 0.25) is 0 Å². The second-order valence-corrected chi connectivity index (χ2v) is 8.95. The van der Waals surface area contributed by atoms with Gasteiger partial charge in [0.1, 0.15) is 5.82 Å². The fourth-order valence-corrected chi connectivity index (χ4v) is 4.90. The van der Waals surface area contributed by atoms with Gasteiger partial charge in [-0.15, -0.1) is 0 Å². The summed E-state index contributed by atoms with van der Waals surface area (Å²) in [5.41, 5.74) is 2.71. The minimum atomic E-state index is -2.93. The van der Waals surface area contributed by atoms with E-state index in [0.717, 1.165) is 11.1 Å². The summed E-state index contributed by atoms with van der Waals surface area (Å²) in [4.78, 5) is 18.5. The van der Waals surface area contributed by atoms with Crippen LogP contribution in [0.3, 0.4) is 0 Å². The molecular formula is C19H23N3O3S. The van der Waals surface area contributed by atoms with Gasteiger partial charge in [0.05, 0.1) is 29.8 Å². The van der Waals surface area contributed by atoms with Crippen LogP contribution < -0.4 is 10.2 Å². The Balaban J connectivity index is 1.61. The number of hydrogen-bond donors (Lipinski definition) is 1. The van der Waals surface area contributed by atoms with Gasteiger partial charge in [0.2, 0.25) is 5.91 Å². The fraction of sp³-hybridized carbons (Fsp3) is 0.368. The van der Waals surface area contributed by atoms with Crippen LogP contribution in [0.1, 0.15) is 17.5 Å². The van der Waals surface area contributed by atoms with Crippen molar-refractivity contribution in [1.82, 2.24) is 4.98 Å². The molecule has 1 N–H and O–H groups in total. The number of carbonyl (C=O) groups excluding carboxylic acids is 1. The van der Waals surface area contributed by atoms with E-state index in [4.69, 9.17) is 0 Å². The molecule has 1 unspecified atom stereocenters. The average molecular weight is 373 g/mol. The van der Waals surface area contributed by atoms with Crippen LogP contribution in [0.4, 0.5) is 11.5 Å². The fourth-order valence-electron chi connectivity index (χ4n) is 3.12. The summed E-state index contributed by atoms with van der Waals surface area (Å²) in [5, 5.41) is 2.85. The third-order valence-electron chi connectivity index (χ3n) is 4.76. The molecule has 1 saturated heterocycles. The van der Waals surface area contributed by atoms with Crippen LogP contribution in [0, 0.1) is 6.92 Å². The first-order valence-corrected chi connectivity index (χ1v) is 10.4. The number of hydrogen-bond acceptors (Lipinski definition) is 5. The molecule has 2 heterocycles. The first-order chi connectivity index (χ1) is 12.3. The highest BCUT2D eigenvalue weighted by Crippen LogP contribution is 2.22. The summed E-state index contributed by atoms with van der Waals surface area (Å²) in [6.45, 7) is 1.98. The van der Waals surface area contributed by atoms with Gasteiger partial charge in [0, 0.05) is 13.1 Å². The number of amides is 1. The molecule has 1 fully saturated rings. The van der Waals surface area contributed by atoms with E-state index in [1.165, 1.54) is 0 Å². The summed E-state index contributed by atoms with van der Waals surface area (Å²) in [6, 6.07) is 11.3. The molecule has 0 bridgehead atoms. The molecule has 0 spiro atoms. The lowest BCUT2D eigenvalue weighted by Crippen LogP contribution is -2.33. The number of anilines is 2. The molecule has 1 aromatic heterocycles. The Morgan fingerprint density at radius 3 is 2.65 bits per heavy atom. The highest BCUT2D eigenvalue weighted by atomic mass is 32.2. The van der Waals surface area contributed by atoms with Crippen molar-refractivity contribution in [3.63, 3.8) is 0 Å². The van der Waals surface area contributed by atoms with Gasteiger partial charge in [-0.25, -0.2) is 13.4 Å². The Bertz CT molecular complexity index is 895. The number of rotatable bonds is 5. The van der Waals surface area contributed by atoms with Gasteiger partial charge in [0.15, 0.2) is 9.84 Å². The summed E-state index contributed by atoms with van der Waals surface area (Å²) in [7, 11) is -1.08. The van der Waals surface area contributed by atoms with Crippen LogP contribution in [-0.2, 0) is 21.1 Å². The zero-order valence-electron chi connectivity index (χ0n) is 15.0. The van der Waals surface area contributed by atoms with Crippen molar-refractivity contribution in [2.75, 3.05) is 28.8 Å². The van der Waals surface area contributed by atoms with Crippen LogP contribution in [0.15, 0.2) is 42.6 Å². The van der Waals surface area contributed by atoms with E-state index in [9.17, 15) is 13.2 Å². The van der Waals surface area contributed by atoms with Crippen LogP contribution in [0.5, 0.6) is 0 Å². The second kappa shape index (κ2) is 7.45. The largest absolute Gasteiger partial charge is 0.356 e. The minimum Gasteiger partial charge on any atom is -0.356 e. The summed E-state index contributed by atoms with van der Waals surface area (Å²) in [5.74, 6) is 1.00. The number of aromatic nitrogens is 1. The molecule has 1 aromatic carbocycles.